The maximum absolute atomic E-state index is 10.5. The first kappa shape index (κ1) is 17.3. The van der Waals surface area contributed by atoms with Gasteiger partial charge >= 0.3 is 5.97 Å². The van der Waals surface area contributed by atoms with E-state index in [1.54, 1.807) is 14.2 Å². The molecule has 5 nitrogen and oxygen atoms in total. The summed E-state index contributed by atoms with van der Waals surface area (Å²) in [6, 6.07) is 6.26. The third kappa shape index (κ3) is 5.63. The summed E-state index contributed by atoms with van der Waals surface area (Å²) >= 11 is 0. The second-order valence-corrected chi connectivity index (χ2v) is 5.22. The predicted octanol–water partition coefficient (Wildman–Crippen LogP) is 2.43. The molecule has 0 aliphatic heterocycles. The van der Waals surface area contributed by atoms with Crippen molar-refractivity contribution in [1.29, 1.82) is 0 Å². The summed E-state index contributed by atoms with van der Waals surface area (Å²) in [4.78, 5) is 12.7. The molecule has 0 aliphatic rings. The lowest BCUT2D eigenvalue weighted by molar-refractivity contribution is -0.137. The van der Waals surface area contributed by atoms with Crippen LogP contribution < -0.4 is 9.47 Å². The Morgan fingerprint density at radius 3 is 2.52 bits per heavy atom. The van der Waals surface area contributed by atoms with E-state index in [-0.39, 0.29) is 6.42 Å². The topological polar surface area (TPSA) is 59.0 Å². The van der Waals surface area contributed by atoms with Crippen LogP contribution in [0.5, 0.6) is 11.5 Å². The lowest BCUT2D eigenvalue weighted by Gasteiger charge is -2.24. The van der Waals surface area contributed by atoms with Gasteiger partial charge in [-0.2, -0.15) is 0 Å². The van der Waals surface area contributed by atoms with Gasteiger partial charge in [-0.05, 0) is 51.1 Å². The standard InChI is InChI=1S/C16H25NO4/c1-12(17(2)9-5-6-16(18)19)10-13-7-8-14(20-3)15(11-13)21-4/h7-8,11-12H,5-6,9-10H2,1-4H3,(H,18,19). The van der Waals surface area contributed by atoms with Gasteiger partial charge in [-0.25, -0.2) is 0 Å². The number of hydrogen-bond acceptors (Lipinski definition) is 4. The molecule has 118 valence electrons. The van der Waals surface area contributed by atoms with Gasteiger partial charge in [0, 0.05) is 12.5 Å². The first-order valence-electron chi connectivity index (χ1n) is 7.10. The molecule has 0 bridgehead atoms. The molecular weight excluding hydrogens is 270 g/mol. The maximum atomic E-state index is 10.5. The summed E-state index contributed by atoms with van der Waals surface area (Å²) in [5.74, 6) is 0.718. The van der Waals surface area contributed by atoms with Crippen molar-refractivity contribution < 1.29 is 19.4 Å². The summed E-state index contributed by atoms with van der Waals surface area (Å²) in [6.45, 7) is 2.91. The second-order valence-electron chi connectivity index (χ2n) is 5.22. The highest BCUT2D eigenvalue weighted by atomic mass is 16.5. The van der Waals surface area contributed by atoms with Gasteiger partial charge in [0.2, 0.25) is 0 Å². The van der Waals surface area contributed by atoms with Gasteiger partial charge in [-0.1, -0.05) is 6.07 Å². The van der Waals surface area contributed by atoms with Crippen LogP contribution in [0.4, 0.5) is 0 Å². The maximum Gasteiger partial charge on any atom is 0.303 e. The van der Waals surface area contributed by atoms with Crippen LogP contribution in [0.1, 0.15) is 25.3 Å². The van der Waals surface area contributed by atoms with E-state index in [1.165, 1.54) is 5.56 Å². The van der Waals surface area contributed by atoms with E-state index in [9.17, 15) is 4.79 Å². The molecule has 1 atom stereocenters. The molecule has 1 aromatic rings. The van der Waals surface area contributed by atoms with Crippen molar-refractivity contribution >= 4 is 5.97 Å². The number of ether oxygens (including phenoxy) is 2. The number of benzene rings is 1. The molecule has 1 aromatic carbocycles. The molecule has 21 heavy (non-hydrogen) atoms. The van der Waals surface area contributed by atoms with Crippen molar-refractivity contribution in [2.75, 3.05) is 27.8 Å². The molecule has 1 N–H and O–H groups in total. The summed E-state index contributed by atoms with van der Waals surface area (Å²) in [5, 5.41) is 8.66. The molecule has 0 aliphatic carbocycles. The van der Waals surface area contributed by atoms with Crippen molar-refractivity contribution in [1.82, 2.24) is 4.90 Å². The second kappa shape index (κ2) is 8.52. The molecule has 0 radical (unpaired) electrons. The van der Waals surface area contributed by atoms with Crippen LogP contribution in [0, 0.1) is 0 Å². The predicted molar refractivity (Wildman–Crippen MR) is 82.2 cm³/mol. The van der Waals surface area contributed by atoms with Crippen LogP contribution in [0.2, 0.25) is 0 Å². The molecule has 0 saturated heterocycles. The van der Waals surface area contributed by atoms with Crippen LogP contribution in [-0.4, -0.2) is 49.8 Å². The largest absolute Gasteiger partial charge is 0.493 e. The van der Waals surface area contributed by atoms with E-state index in [0.717, 1.165) is 24.5 Å². The van der Waals surface area contributed by atoms with Crippen molar-refractivity contribution in [2.45, 2.75) is 32.2 Å². The summed E-state index contributed by atoms with van der Waals surface area (Å²) in [6.07, 6.45) is 1.76. The van der Waals surface area contributed by atoms with E-state index in [2.05, 4.69) is 11.8 Å². The molecule has 0 amide bonds. The van der Waals surface area contributed by atoms with Gasteiger partial charge in [0.15, 0.2) is 11.5 Å². The van der Waals surface area contributed by atoms with E-state index in [4.69, 9.17) is 14.6 Å². The monoisotopic (exact) mass is 295 g/mol. The molecule has 0 spiro atoms. The zero-order valence-electron chi connectivity index (χ0n) is 13.3. The Balaban J connectivity index is 2.57. The van der Waals surface area contributed by atoms with Gasteiger partial charge in [0.25, 0.3) is 0 Å². The average Bonchev–Trinajstić information content (AvgIpc) is 2.46. The van der Waals surface area contributed by atoms with Crippen molar-refractivity contribution in [3.05, 3.63) is 23.8 Å². The Kier molecular flexibility index (Phi) is 7.02. The average molecular weight is 295 g/mol. The fourth-order valence-electron chi connectivity index (χ4n) is 2.20. The smallest absolute Gasteiger partial charge is 0.303 e. The Morgan fingerprint density at radius 1 is 1.29 bits per heavy atom. The van der Waals surface area contributed by atoms with Gasteiger partial charge < -0.3 is 19.5 Å². The molecular formula is C16H25NO4. The number of methoxy groups -OCH3 is 2. The number of likely N-dealkylation sites (N-methyl/N-ethyl adjacent to an activating group) is 1. The van der Waals surface area contributed by atoms with Crippen LogP contribution in [0.25, 0.3) is 0 Å². The lowest BCUT2D eigenvalue weighted by Crippen LogP contribution is -2.32. The van der Waals surface area contributed by atoms with Crippen LogP contribution >= 0.6 is 0 Å². The van der Waals surface area contributed by atoms with Gasteiger partial charge in [-0.15, -0.1) is 0 Å². The van der Waals surface area contributed by atoms with Crippen LogP contribution in [-0.2, 0) is 11.2 Å². The molecule has 0 aromatic heterocycles. The number of carboxylic acids is 1. The molecule has 0 heterocycles. The first-order valence-corrected chi connectivity index (χ1v) is 7.10. The zero-order chi connectivity index (χ0) is 15.8. The highest BCUT2D eigenvalue weighted by Gasteiger charge is 2.12. The minimum absolute atomic E-state index is 0.216. The molecule has 0 saturated carbocycles. The normalized spacial score (nSPS) is 12.2. The number of nitrogens with zero attached hydrogens (tertiary/aromatic N) is 1. The SMILES string of the molecule is COc1ccc(CC(C)N(C)CCCC(=O)O)cc1OC. The summed E-state index contributed by atoms with van der Waals surface area (Å²) in [7, 11) is 5.27. The zero-order valence-corrected chi connectivity index (χ0v) is 13.3. The Labute approximate surface area is 126 Å². The van der Waals surface area contributed by atoms with Gasteiger partial charge in [0.05, 0.1) is 14.2 Å². The van der Waals surface area contributed by atoms with Crippen molar-refractivity contribution in [2.24, 2.45) is 0 Å². The molecule has 1 unspecified atom stereocenters. The fraction of sp³-hybridized carbons (Fsp3) is 0.562. The number of hydrogen-bond donors (Lipinski definition) is 1. The van der Waals surface area contributed by atoms with Gasteiger partial charge in [0.1, 0.15) is 0 Å². The van der Waals surface area contributed by atoms with Crippen LogP contribution in [0.15, 0.2) is 18.2 Å². The third-order valence-electron chi connectivity index (χ3n) is 3.63. The quantitative estimate of drug-likeness (QED) is 0.758. The number of carboxylic acid groups (broad SMARTS) is 1. The Hall–Kier alpha value is -1.75. The Morgan fingerprint density at radius 2 is 1.95 bits per heavy atom. The molecule has 0 fully saturated rings. The van der Waals surface area contributed by atoms with Gasteiger partial charge in [-0.3, -0.25) is 4.79 Å². The Bertz CT molecular complexity index is 462. The van der Waals surface area contributed by atoms with Crippen molar-refractivity contribution in [3.8, 4) is 11.5 Å². The number of aliphatic carboxylic acids is 1. The third-order valence-corrected chi connectivity index (χ3v) is 3.63. The number of carbonyl (C=O) groups is 1. The minimum atomic E-state index is -0.740. The van der Waals surface area contributed by atoms with Crippen LogP contribution in [0.3, 0.4) is 0 Å². The molecule has 1 rings (SSSR count). The number of rotatable bonds is 9. The fourth-order valence-corrected chi connectivity index (χ4v) is 2.20. The van der Waals surface area contributed by atoms with E-state index in [0.29, 0.717) is 12.5 Å². The minimum Gasteiger partial charge on any atom is -0.493 e. The molecule has 5 heteroatoms. The van der Waals surface area contributed by atoms with E-state index >= 15 is 0 Å². The highest BCUT2D eigenvalue weighted by Crippen LogP contribution is 2.28. The van der Waals surface area contributed by atoms with E-state index in [1.807, 2.05) is 25.2 Å². The highest BCUT2D eigenvalue weighted by molar-refractivity contribution is 5.66. The lowest BCUT2D eigenvalue weighted by atomic mass is 10.1. The summed E-state index contributed by atoms with van der Waals surface area (Å²) in [5.41, 5.74) is 1.17. The van der Waals surface area contributed by atoms with E-state index < -0.39 is 5.97 Å². The summed E-state index contributed by atoms with van der Waals surface area (Å²) < 4.78 is 10.5. The van der Waals surface area contributed by atoms with Crippen molar-refractivity contribution in [3.63, 3.8) is 0 Å². The first-order chi connectivity index (χ1) is 9.97.